The third kappa shape index (κ3) is 1.73. The van der Waals surface area contributed by atoms with Crippen molar-refractivity contribution in [1.29, 1.82) is 0 Å². The minimum Gasteiger partial charge on any atom is -0.380 e. The van der Waals surface area contributed by atoms with Crippen molar-refractivity contribution in [3.05, 3.63) is 18.3 Å². The molecule has 7 heteroatoms. The van der Waals surface area contributed by atoms with E-state index in [0.29, 0.717) is 20.3 Å². The molecule has 0 radical (unpaired) electrons. The topological polar surface area (TPSA) is 52.0 Å². The number of nitrogens with zero attached hydrogens (tertiary/aromatic N) is 1. The van der Waals surface area contributed by atoms with E-state index < -0.39 is 0 Å². The number of halogens is 3. The molecule has 0 aliphatic rings. The van der Waals surface area contributed by atoms with Crippen LogP contribution in [0.25, 0.3) is 11.3 Å². The average Bonchev–Trinajstić information content (AvgIpc) is 2.59. The third-order valence-electron chi connectivity index (χ3n) is 1.56. The van der Waals surface area contributed by atoms with E-state index in [9.17, 15) is 0 Å². The van der Waals surface area contributed by atoms with Crippen molar-refractivity contribution in [3.8, 4) is 11.3 Å². The maximum Gasteiger partial charge on any atom is 0.184 e. The molecule has 2 aromatic rings. The van der Waals surface area contributed by atoms with Gasteiger partial charge in [0.05, 0.1) is 9.90 Å². The van der Waals surface area contributed by atoms with Crippen molar-refractivity contribution in [1.82, 2.24) is 5.16 Å². The molecule has 2 N–H and O–H groups in total. The molecule has 2 rings (SSSR count). The first-order chi connectivity index (χ1) is 6.59. The van der Waals surface area contributed by atoms with E-state index >= 15 is 0 Å². The van der Waals surface area contributed by atoms with Crippen LogP contribution in [0.1, 0.15) is 0 Å². The van der Waals surface area contributed by atoms with Gasteiger partial charge in [-0.2, -0.15) is 0 Å². The standard InChI is InChI=1S/C7H3Cl2IN2OS/c8-3-1-2(6(9)14-3)5-4(10)7(11)12-13-5/h1H,(H2,11,12). The number of anilines is 1. The van der Waals surface area contributed by atoms with Crippen LogP contribution in [0.5, 0.6) is 0 Å². The highest BCUT2D eigenvalue weighted by atomic mass is 127. The first kappa shape index (κ1) is 10.5. The molecule has 0 fully saturated rings. The third-order valence-corrected chi connectivity index (χ3v) is 4.09. The Labute approximate surface area is 107 Å². The fourth-order valence-corrected chi connectivity index (χ4v) is 2.90. The van der Waals surface area contributed by atoms with Crippen molar-refractivity contribution >= 4 is 62.9 Å². The number of nitrogens with two attached hydrogens (primary N) is 1. The Bertz CT molecular complexity index is 482. The van der Waals surface area contributed by atoms with E-state index in [-0.39, 0.29) is 0 Å². The molecule has 2 aromatic heterocycles. The average molecular weight is 361 g/mol. The minimum absolute atomic E-state index is 0.360. The maximum atomic E-state index is 5.96. The summed E-state index contributed by atoms with van der Waals surface area (Å²) in [6, 6.07) is 1.73. The zero-order chi connectivity index (χ0) is 10.3. The molecule has 2 heterocycles. The Hall–Kier alpha value is 0.0200. The molecule has 0 aliphatic heterocycles. The maximum absolute atomic E-state index is 5.96. The molecular weight excluding hydrogens is 358 g/mol. The minimum atomic E-state index is 0.360. The zero-order valence-corrected chi connectivity index (χ0v) is 11.0. The SMILES string of the molecule is Nc1noc(-c2cc(Cl)sc2Cl)c1I. The molecule has 0 atom stereocenters. The molecule has 0 unspecified atom stereocenters. The van der Waals surface area contributed by atoms with Crippen molar-refractivity contribution in [2.24, 2.45) is 0 Å². The summed E-state index contributed by atoms with van der Waals surface area (Å²) in [4.78, 5) is 0. The van der Waals surface area contributed by atoms with Crippen molar-refractivity contribution in [2.45, 2.75) is 0 Å². The predicted molar refractivity (Wildman–Crippen MR) is 67.0 cm³/mol. The monoisotopic (exact) mass is 360 g/mol. The van der Waals surface area contributed by atoms with E-state index in [1.165, 1.54) is 11.3 Å². The summed E-state index contributed by atoms with van der Waals surface area (Å²) in [5.74, 6) is 0.926. The van der Waals surface area contributed by atoms with Gasteiger partial charge < -0.3 is 10.3 Å². The number of thiophene rings is 1. The van der Waals surface area contributed by atoms with Gasteiger partial charge in [0.25, 0.3) is 0 Å². The quantitative estimate of drug-likeness (QED) is 0.785. The van der Waals surface area contributed by atoms with Crippen LogP contribution in [0.3, 0.4) is 0 Å². The largest absolute Gasteiger partial charge is 0.380 e. The van der Waals surface area contributed by atoms with Gasteiger partial charge in [0.15, 0.2) is 11.6 Å². The molecule has 0 aliphatic carbocycles. The van der Waals surface area contributed by atoms with Crippen molar-refractivity contribution < 1.29 is 4.52 Å². The molecule has 0 saturated carbocycles. The van der Waals surface area contributed by atoms with E-state index in [4.69, 9.17) is 33.5 Å². The lowest BCUT2D eigenvalue weighted by Crippen LogP contribution is -1.85. The molecule has 0 saturated heterocycles. The fraction of sp³-hybridized carbons (Fsp3) is 0. The fourth-order valence-electron chi connectivity index (χ4n) is 0.954. The Morgan fingerprint density at radius 3 is 2.64 bits per heavy atom. The lowest BCUT2D eigenvalue weighted by Gasteiger charge is -1.91. The van der Waals surface area contributed by atoms with E-state index in [1.807, 2.05) is 0 Å². The zero-order valence-electron chi connectivity index (χ0n) is 6.55. The predicted octanol–water partition coefficient (Wildman–Crippen LogP) is 3.90. The molecule has 0 spiro atoms. The van der Waals surface area contributed by atoms with Crippen LogP contribution in [0, 0.1) is 3.57 Å². The normalized spacial score (nSPS) is 10.8. The van der Waals surface area contributed by atoms with Gasteiger partial charge >= 0.3 is 0 Å². The highest BCUT2D eigenvalue weighted by Crippen LogP contribution is 2.40. The molecule has 0 bridgehead atoms. The number of rotatable bonds is 1. The van der Waals surface area contributed by atoms with Gasteiger partial charge in [0.2, 0.25) is 0 Å². The second kappa shape index (κ2) is 3.88. The summed E-state index contributed by atoms with van der Waals surface area (Å²) in [5.41, 5.74) is 6.28. The van der Waals surface area contributed by atoms with E-state index in [1.54, 1.807) is 6.07 Å². The Morgan fingerprint density at radius 1 is 1.50 bits per heavy atom. The summed E-state index contributed by atoms with van der Waals surface area (Å²) in [5, 5.41) is 3.64. The van der Waals surface area contributed by atoms with Gasteiger partial charge in [-0.3, -0.25) is 0 Å². The first-order valence-electron chi connectivity index (χ1n) is 3.45. The molecule has 74 valence electrons. The summed E-state index contributed by atoms with van der Waals surface area (Å²) < 4.78 is 6.99. The van der Waals surface area contributed by atoms with Gasteiger partial charge in [-0.15, -0.1) is 11.3 Å². The lowest BCUT2D eigenvalue weighted by atomic mass is 10.3. The number of nitrogen functional groups attached to an aromatic ring is 1. The second-order valence-corrected chi connectivity index (χ2v) is 5.81. The number of aromatic nitrogens is 1. The molecule has 0 aromatic carbocycles. The number of hydrogen-bond acceptors (Lipinski definition) is 4. The summed E-state index contributed by atoms with van der Waals surface area (Å²) in [7, 11) is 0. The van der Waals surface area contributed by atoms with Crippen LogP contribution in [0.4, 0.5) is 5.82 Å². The molecule has 0 amide bonds. The van der Waals surface area contributed by atoms with Gasteiger partial charge in [0, 0.05) is 0 Å². The van der Waals surface area contributed by atoms with Gasteiger partial charge in [-0.05, 0) is 28.7 Å². The summed E-state index contributed by atoms with van der Waals surface area (Å²) in [6.07, 6.45) is 0. The van der Waals surface area contributed by atoms with Crippen LogP contribution in [0.2, 0.25) is 8.67 Å². The molecular formula is C7H3Cl2IN2OS. The van der Waals surface area contributed by atoms with Crippen LogP contribution in [-0.2, 0) is 0 Å². The Kier molecular flexibility index (Phi) is 2.92. The van der Waals surface area contributed by atoms with E-state index in [0.717, 1.165) is 9.13 Å². The van der Waals surface area contributed by atoms with Crippen LogP contribution >= 0.6 is 57.1 Å². The van der Waals surface area contributed by atoms with Crippen molar-refractivity contribution in [3.63, 3.8) is 0 Å². The van der Waals surface area contributed by atoms with Crippen LogP contribution < -0.4 is 5.73 Å². The highest BCUT2D eigenvalue weighted by Gasteiger charge is 2.18. The van der Waals surface area contributed by atoms with Crippen molar-refractivity contribution in [2.75, 3.05) is 5.73 Å². The van der Waals surface area contributed by atoms with Gasteiger partial charge in [0.1, 0.15) is 7.91 Å². The highest BCUT2D eigenvalue weighted by molar-refractivity contribution is 14.1. The summed E-state index contributed by atoms with van der Waals surface area (Å²) in [6.45, 7) is 0. The molecule has 3 nitrogen and oxygen atoms in total. The number of hydrogen-bond donors (Lipinski definition) is 1. The van der Waals surface area contributed by atoms with Crippen LogP contribution in [-0.4, -0.2) is 5.16 Å². The van der Waals surface area contributed by atoms with Gasteiger partial charge in [-0.1, -0.05) is 28.4 Å². The Balaban J connectivity index is 2.59. The summed E-state index contributed by atoms with van der Waals surface area (Å²) >= 11 is 15.1. The molecule has 14 heavy (non-hydrogen) atoms. The smallest absolute Gasteiger partial charge is 0.184 e. The lowest BCUT2D eigenvalue weighted by molar-refractivity contribution is 0.435. The first-order valence-corrected chi connectivity index (χ1v) is 6.10. The van der Waals surface area contributed by atoms with E-state index in [2.05, 4.69) is 27.7 Å². The van der Waals surface area contributed by atoms with Gasteiger partial charge in [-0.25, -0.2) is 0 Å². The Morgan fingerprint density at radius 2 is 2.21 bits per heavy atom. The second-order valence-electron chi connectivity index (χ2n) is 2.45. The van der Waals surface area contributed by atoms with Crippen LogP contribution in [0.15, 0.2) is 10.6 Å².